The van der Waals surface area contributed by atoms with E-state index in [1.54, 1.807) is 20.4 Å². The molecule has 6 nitrogen and oxygen atoms in total. The molecule has 0 radical (unpaired) electrons. The van der Waals surface area contributed by atoms with E-state index in [0.29, 0.717) is 18.5 Å². The molecule has 0 atom stereocenters. The molecular formula is C20H28N4O2. The van der Waals surface area contributed by atoms with Gasteiger partial charge in [-0.1, -0.05) is 31.7 Å². The smallest absolute Gasteiger partial charge is 0.224 e. The summed E-state index contributed by atoms with van der Waals surface area (Å²) in [6.45, 7) is 0.653. The van der Waals surface area contributed by atoms with Crippen LogP contribution in [0.1, 0.15) is 44.1 Å². The zero-order chi connectivity index (χ0) is 18.2. The lowest BCUT2D eigenvalue weighted by Gasteiger charge is -2.16. The van der Waals surface area contributed by atoms with Crippen LogP contribution in [0.2, 0.25) is 0 Å². The minimum Gasteiger partial charge on any atom is -0.493 e. The SMILES string of the molecule is COc1ccc(CNc2ccnc(NC3CCCCCC3)n2)cc1OC. The molecule has 140 valence electrons. The Hall–Kier alpha value is -2.50. The van der Waals surface area contributed by atoms with Gasteiger partial charge in [0, 0.05) is 18.8 Å². The number of hydrogen-bond acceptors (Lipinski definition) is 6. The average molecular weight is 356 g/mol. The van der Waals surface area contributed by atoms with Crippen molar-refractivity contribution >= 4 is 11.8 Å². The molecule has 1 saturated carbocycles. The monoisotopic (exact) mass is 356 g/mol. The molecule has 2 N–H and O–H groups in total. The second-order valence-electron chi connectivity index (χ2n) is 6.64. The third-order valence-electron chi connectivity index (χ3n) is 4.77. The molecule has 0 unspecified atom stereocenters. The number of benzene rings is 1. The summed E-state index contributed by atoms with van der Waals surface area (Å²) in [6, 6.07) is 8.27. The molecule has 6 heteroatoms. The minimum absolute atomic E-state index is 0.485. The van der Waals surface area contributed by atoms with Gasteiger partial charge in [-0.05, 0) is 36.6 Å². The molecule has 1 aromatic heterocycles. The van der Waals surface area contributed by atoms with Crippen LogP contribution in [-0.4, -0.2) is 30.2 Å². The zero-order valence-corrected chi connectivity index (χ0v) is 15.6. The van der Waals surface area contributed by atoms with Crippen LogP contribution in [0.4, 0.5) is 11.8 Å². The van der Waals surface area contributed by atoms with E-state index < -0.39 is 0 Å². The van der Waals surface area contributed by atoms with Gasteiger partial charge in [0.1, 0.15) is 5.82 Å². The van der Waals surface area contributed by atoms with E-state index in [4.69, 9.17) is 9.47 Å². The van der Waals surface area contributed by atoms with Gasteiger partial charge in [0.05, 0.1) is 14.2 Å². The van der Waals surface area contributed by atoms with E-state index in [1.165, 1.54) is 38.5 Å². The van der Waals surface area contributed by atoms with E-state index in [1.807, 2.05) is 24.3 Å². The van der Waals surface area contributed by atoms with Gasteiger partial charge in [-0.25, -0.2) is 4.98 Å². The Morgan fingerprint density at radius 2 is 1.77 bits per heavy atom. The largest absolute Gasteiger partial charge is 0.493 e. The highest BCUT2D eigenvalue weighted by atomic mass is 16.5. The molecule has 1 aromatic carbocycles. The molecule has 0 bridgehead atoms. The van der Waals surface area contributed by atoms with Crippen LogP contribution >= 0.6 is 0 Å². The lowest BCUT2D eigenvalue weighted by molar-refractivity contribution is 0.354. The van der Waals surface area contributed by atoms with Crippen molar-refractivity contribution in [3.8, 4) is 11.5 Å². The number of rotatable bonds is 7. The third kappa shape index (κ3) is 5.00. The maximum atomic E-state index is 5.35. The molecule has 1 fully saturated rings. The first-order valence-electron chi connectivity index (χ1n) is 9.33. The van der Waals surface area contributed by atoms with Gasteiger partial charge in [0.2, 0.25) is 5.95 Å². The predicted octanol–water partition coefficient (Wildman–Crippen LogP) is 4.24. The number of hydrogen-bond donors (Lipinski definition) is 2. The Bertz CT molecular complexity index is 700. The second kappa shape index (κ2) is 9.27. The number of nitrogens with one attached hydrogen (secondary N) is 2. The topological polar surface area (TPSA) is 68.3 Å². The molecule has 3 rings (SSSR count). The standard InChI is InChI=1S/C20H28N4O2/c1-25-17-10-9-15(13-18(17)26-2)14-22-19-11-12-21-20(24-19)23-16-7-5-3-4-6-8-16/h9-13,16H,3-8,14H2,1-2H3,(H2,21,22,23,24). The van der Waals surface area contributed by atoms with E-state index >= 15 is 0 Å². The van der Waals surface area contributed by atoms with Crippen LogP contribution in [0.15, 0.2) is 30.5 Å². The van der Waals surface area contributed by atoms with Crippen LogP contribution in [0.25, 0.3) is 0 Å². The van der Waals surface area contributed by atoms with Crippen molar-refractivity contribution in [3.05, 3.63) is 36.0 Å². The second-order valence-corrected chi connectivity index (χ2v) is 6.64. The first-order chi connectivity index (χ1) is 12.8. The van der Waals surface area contributed by atoms with Crippen molar-refractivity contribution in [1.82, 2.24) is 9.97 Å². The molecular weight excluding hydrogens is 328 g/mol. The zero-order valence-electron chi connectivity index (χ0n) is 15.6. The van der Waals surface area contributed by atoms with Crippen molar-refractivity contribution in [3.63, 3.8) is 0 Å². The molecule has 2 aromatic rings. The van der Waals surface area contributed by atoms with Gasteiger partial charge in [0.15, 0.2) is 11.5 Å². The quantitative estimate of drug-likeness (QED) is 0.723. The van der Waals surface area contributed by atoms with Crippen molar-refractivity contribution in [2.45, 2.75) is 51.1 Å². The fraction of sp³-hybridized carbons (Fsp3) is 0.500. The molecule has 0 aliphatic heterocycles. The number of aromatic nitrogens is 2. The predicted molar refractivity (Wildman–Crippen MR) is 104 cm³/mol. The van der Waals surface area contributed by atoms with Gasteiger partial charge >= 0.3 is 0 Å². The lowest BCUT2D eigenvalue weighted by Crippen LogP contribution is -2.20. The van der Waals surface area contributed by atoms with E-state index in [2.05, 4.69) is 20.6 Å². The Labute approximate surface area is 155 Å². The summed E-state index contributed by atoms with van der Waals surface area (Å²) in [5.74, 6) is 2.97. The summed E-state index contributed by atoms with van der Waals surface area (Å²) in [5, 5.41) is 6.85. The first kappa shape index (κ1) is 18.3. The highest BCUT2D eigenvalue weighted by molar-refractivity contribution is 5.45. The highest BCUT2D eigenvalue weighted by Gasteiger charge is 2.13. The Morgan fingerprint density at radius 3 is 2.50 bits per heavy atom. The molecule has 1 heterocycles. The molecule has 1 aliphatic carbocycles. The maximum absolute atomic E-state index is 5.35. The summed E-state index contributed by atoms with van der Waals surface area (Å²) in [7, 11) is 3.28. The van der Waals surface area contributed by atoms with Crippen LogP contribution < -0.4 is 20.1 Å². The molecule has 0 amide bonds. The van der Waals surface area contributed by atoms with Crippen LogP contribution in [-0.2, 0) is 6.54 Å². The van der Waals surface area contributed by atoms with Crippen LogP contribution in [0, 0.1) is 0 Å². The van der Waals surface area contributed by atoms with Crippen LogP contribution in [0.3, 0.4) is 0 Å². The maximum Gasteiger partial charge on any atom is 0.224 e. The van der Waals surface area contributed by atoms with Crippen molar-refractivity contribution in [2.24, 2.45) is 0 Å². The lowest BCUT2D eigenvalue weighted by atomic mass is 10.1. The number of nitrogens with zero attached hydrogens (tertiary/aromatic N) is 2. The normalized spacial score (nSPS) is 15.2. The van der Waals surface area contributed by atoms with E-state index in [0.717, 1.165) is 22.9 Å². The van der Waals surface area contributed by atoms with E-state index in [-0.39, 0.29) is 0 Å². The molecule has 0 saturated heterocycles. The Kier molecular flexibility index (Phi) is 6.52. The van der Waals surface area contributed by atoms with E-state index in [9.17, 15) is 0 Å². The van der Waals surface area contributed by atoms with Crippen molar-refractivity contribution in [2.75, 3.05) is 24.9 Å². The van der Waals surface area contributed by atoms with Gasteiger partial charge in [-0.15, -0.1) is 0 Å². The minimum atomic E-state index is 0.485. The Balaban J connectivity index is 1.60. The summed E-state index contributed by atoms with van der Waals surface area (Å²) in [4.78, 5) is 8.97. The van der Waals surface area contributed by atoms with Crippen LogP contribution in [0.5, 0.6) is 11.5 Å². The summed E-state index contributed by atoms with van der Waals surface area (Å²) in [5.41, 5.74) is 1.10. The average Bonchev–Trinajstić information content (AvgIpc) is 2.95. The summed E-state index contributed by atoms with van der Waals surface area (Å²) < 4.78 is 10.6. The van der Waals surface area contributed by atoms with Crippen molar-refractivity contribution < 1.29 is 9.47 Å². The fourth-order valence-corrected chi connectivity index (χ4v) is 3.32. The summed E-state index contributed by atoms with van der Waals surface area (Å²) >= 11 is 0. The number of methoxy groups -OCH3 is 2. The van der Waals surface area contributed by atoms with Gasteiger partial charge in [-0.3, -0.25) is 0 Å². The van der Waals surface area contributed by atoms with Gasteiger partial charge < -0.3 is 20.1 Å². The highest BCUT2D eigenvalue weighted by Crippen LogP contribution is 2.27. The number of anilines is 2. The van der Waals surface area contributed by atoms with Crippen molar-refractivity contribution in [1.29, 1.82) is 0 Å². The van der Waals surface area contributed by atoms with Gasteiger partial charge in [-0.2, -0.15) is 4.98 Å². The molecule has 1 aliphatic rings. The first-order valence-corrected chi connectivity index (χ1v) is 9.33. The molecule has 26 heavy (non-hydrogen) atoms. The number of ether oxygens (including phenoxy) is 2. The molecule has 0 spiro atoms. The summed E-state index contributed by atoms with van der Waals surface area (Å²) in [6.07, 6.45) is 9.45. The third-order valence-corrected chi connectivity index (χ3v) is 4.77. The Morgan fingerprint density at radius 1 is 1.00 bits per heavy atom. The fourth-order valence-electron chi connectivity index (χ4n) is 3.32. The van der Waals surface area contributed by atoms with Gasteiger partial charge in [0.25, 0.3) is 0 Å².